The van der Waals surface area contributed by atoms with Crippen molar-refractivity contribution < 1.29 is 19.4 Å². The predicted molar refractivity (Wildman–Crippen MR) is 90.3 cm³/mol. The predicted octanol–water partition coefficient (Wildman–Crippen LogP) is 2.35. The van der Waals surface area contributed by atoms with E-state index in [1.165, 1.54) is 0 Å². The summed E-state index contributed by atoms with van der Waals surface area (Å²) in [6, 6.07) is 15.2. The van der Waals surface area contributed by atoms with Crippen molar-refractivity contribution in [1.29, 1.82) is 0 Å². The lowest BCUT2D eigenvalue weighted by atomic mass is 10.0. The van der Waals surface area contributed by atoms with Crippen LogP contribution in [0.5, 0.6) is 5.75 Å². The van der Waals surface area contributed by atoms with Crippen molar-refractivity contribution in [3.63, 3.8) is 0 Å². The van der Waals surface area contributed by atoms with Gasteiger partial charge in [-0.05, 0) is 29.7 Å². The molecule has 24 heavy (non-hydrogen) atoms. The highest BCUT2D eigenvalue weighted by molar-refractivity contribution is 5.87. The molecule has 5 nitrogen and oxygen atoms in total. The summed E-state index contributed by atoms with van der Waals surface area (Å²) in [5.41, 5.74) is 7.64. The third kappa shape index (κ3) is 5.85. The number of carbonyl (C=O) groups excluding carboxylic acids is 2. The fourth-order valence-electron chi connectivity index (χ4n) is 2.22. The molecule has 5 heteroatoms. The lowest BCUT2D eigenvalue weighted by Crippen LogP contribution is -2.33. The first-order valence-electron chi connectivity index (χ1n) is 7.80. The average Bonchev–Trinajstić information content (AvgIpc) is 2.60. The summed E-state index contributed by atoms with van der Waals surface area (Å²) in [6.45, 7) is 0.202. The van der Waals surface area contributed by atoms with Gasteiger partial charge in [0, 0.05) is 6.42 Å². The molecule has 0 saturated heterocycles. The molecule has 0 aromatic heterocycles. The SMILES string of the molecule is N[C@H](Cc1ccc(O)cc1)C(=O)CCC(=O)OCc1ccccc1. The van der Waals surface area contributed by atoms with Crippen LogP contribution in [-0.2, 0) is 27.4 Å². The van der Waals surface area contributed by atoms with Crippen molar-refractivity contribution in [1.82, 2.24) is 0 Å². The summed E-state index contributed by atoms with van der Waals surface area (Å²) in [6.07, 6.45) is 0.458. The Labute approximate surface area is 141 Å². The van der Waals surface area contributed by atoms with Crippen LogP contribution in [0.15, 0.2) is 54.6 Å². The zero-order chi connectivity index (χ0) is 17.4. The van der Waals surface area contributed by atoms with Gasteiger partial charge in [0.05, 0.1) is 12.5 Å². The molecule has 2 aromatic rings. The molecule has 0 aliphatic rings. The van der Waals surface area contributed by atoms with E-state index in [0.717, 1.165) is 11.1 Å². The van der Waals surface area contributed by atoms with E-state index in [-0.39, 0.29) is 31.0 Å². The number of hydrogen-bond acceptors (Lipinski definition) is 5. The van der Waals surface area contributed by atoms with Crippen LogP contribution >= 0.6 is 0 Å². The third-order valence-corrected chi connectivity index (χ3v) is 3.62. The second-order valence-electron chi connectivity index (χ2n) is 5.59. The Kier molecular flexibility index (Phi) is 6.51. The van der Waals surface area contributed by atoms with Gasteiger partial charge in [-0.2, -0.15) is 0 Å². The molecule has 3 N–H and O–H groups in total. The first-order chi connectivity index (χ1) is 11.5. The minimum atomic E-state index is -0.670. The summed E-state index contributed by atoms with van der Waals surface area (Å²) in [7, 11) is 0. The molecule has 0 spiro atoms. The second-order valence-corrected chi connectivity index (χ2v) is 5.59. The van der Waals surface area contributed by atoms with Crippen molar-refractivity contribution in [3.05, 3.63) is 65.7 Å². The molecule has 0 aliphatic heterocycles. The summed E-state index contributed by atoms with van der Waals surface area (Å²) in [5.74, 6) is -0.427. The molecular weight excluding hydrogens is 306 g/mol. The molecule has 126 valence electrons. The van der Waals surface area contributed by atoms with Gasteiger partial charge in [-0.3, -0.25) is 9.59 Å². The second kappa shape index (κ2) is 8.84. The van der Waals surface area contributed by atoms with Gasteiger partial charge in [0.15, 0.2) is 0 Å². The van der Waals surface area contributed by atoms with E-state index in [1.807, 2.05) is 30.3 Å². The Morgan fingerprint density at radius 2 is 1.62 bits per heavy atom. The third-order valence-electron chi connectivity index (χ3n) is 3.62. The molecular formula is C19H21NO4. The van der Waals surface area contributed by atoms with Crippen molar-refractivity contribution in [2.45, 2.75) is 31.9 Å². The van der Waals surface area contributed by atoms with Gasteiger partial charge in [0.1, 0.15) is 18.1 Å². The number of phenols is 1. The van der Waals surface area contributed by atoms with Gasteiger partial charge < -0.3 is 15.6 Å². The number of benzene rings is 2. The molecule has 0 heterocycles. The lowest BCUT2D eigenvalue weighted by molar-refractivity contribution is -0.146. The molecule has 0 saturated carbocycles. The first-order valence-corrected chi connectivity index (χ1v) is 7.80. The first kappa shape index (κ1) is 17.7. The minimum absolute atomic E-state index is 0.0228. The van der Waals surface area contributed by atoms with Crippen LogP contribution in [0.4, 0.5) is 0 Å². The maximum Gasteiger partial charge on any atom is 0.306 e. The highest BCUT2D eigenvalue weighted by Crippen LogP contribution is 2.12. The normalized spacial score (nSPS) is 11.7. The van der Waals surface area contributed by atoms with Crippen molar-refractivity contribution in [3.8, 4) is 5.75 Å². The molecule has 0 fully saturated rings. The number of ketones is 1. The molecule has 0 amide bonds. The molecule has 0 unspecified atom stereocenters. The molecule has 0 bridgehead atoms. The monoisotopic (exact) mass is 327 g/mol. The van der Waals surface area contributed by atoms with Crippen LogP contribution in [0.2, 0.25) is 0 Å². The molecule has 0 radical (unpaired) electrons. The van der Waals surface area contributed by atoms with Gasteiger partial charge >= 0.3 is 5.97 Å². The highest BCUT2D eigenvalue weighted by Gasteiger charge is 2.16. The van der Waals surface area contributed by atoms with E-state index in [9.17, 15) is 14.7 Å². The lowest BCUT2D eigenvalue weighted by Gasteiger charge is -2.11. The quantitative estimate of drug-likeness (QED) is 0.727. The fraction of sp³-hybridized carbons (Fsp3) is 0.263. The standard InChI is InChI=1S/C19H21NO4/c20-17(12-14-6-8-16(21)9-7-14)18(22)10-11-19(23)24-13-15-4-2-1-3-5-15/h1-9,17,21H,10-13,20H2/t17-/m1/s1. The molecule has 2 aromatic carbocycles. The van der Waals surface area contributed by atoms with Gasteiger partial charge in [-0.1, -0.05) is 42.5 Å². The number of Topliss-reactive ketones (excluding diaryl/α,β-unsaturated/α-hetero) is 1. The number of aromatic hydroxyl groups is 1. The van der Waals surface area contributed by atoms with Crippen LogP contribution in [0.1, 0.15) is 24.0 Å². The molecule has 1 atom stereocenters. The zero-order valence-electron chi connectivity index (χ0n) is 13.4. The maximum atomic E-state index is 12.0. The summed E-state index contributed by atoms with van der Waals surface area (Å²) in [5, 5.41) is 9.23. The zero-order valence-corrected chi connectivity index (χ0v) is 13.4. The van der Waals surface area contributed by atoms with Crippen LogP contribution in [0.3, 0.4) is 0 Å². The number of rotatable bonds is 8. The van der Waals surface area contributed by atoms with E-state index in [2.05, 4.69) is 0 Å². The van der Waals surface area contributed by atoms with Gasteiger partial charge in [0.25, 0.3) is 0 Å². The Balaban J connectivity index is 1.71. The smallest absolute Gasteiger partial charge is 0.306 e. The summed E-state index contributed by atoms with van der Waals surface area (Å²) < 4.78 is 5.13. The van der Waals surface area contributed by atoms with Crippen LogP contribution < -0.4 is 5.73 Å². The number of carbonyl (C=O) groups is 2. The van der Waals surface area contributed by atoms with Crippen LogP contribution in [0.25, 0.3) is 0 Å². The Morgan fingerprint density at radius 1 is 0.958 bits per heavy atom. The largest absolute Gasteiger partial charge is 0.508 e. The topological polar surface area (TPSA) is 89.6 Å². The number of esters is 1. The Hall–Kier alpha value is -2.66. The van der Waals surface area contributed by atoms with E-state index in [0.29, 0.717) is 6.42 Å². The van der Waals surface area contributed by atoms with Crippen LogP contribution in [-0.4, -0.2) is 22.9 Å². The van der Waals surface area contributed by atoms with Gasteiger partial charge in [0.2, 0.25) is 0 Å². The number of nitrogens with two attached hydrogens (primary N) is 1. The molecule has 2 rings (SSSR count). The Bertz CT molecular complexity index is 668. The number of hydrogen-bond donors (Lipinski definition) is 2. The molecule has 0 aliphatic carbocycles. The highest BCUT2D eigenvalue weighted by atomic mass is 16.5. The Morgan fingerprint density at radius 3 is 2.29 bits per heavy atom. The van der Waals surface area contributed by atoms with E-state index in [4.69, 9.17) is 10.5 Å². The van der Waals surface area contributed by atoms with Gasteiger partial charge in [-0.25, -0.2) is 0 Å². The summed E-state index contributed by atoms with van der Waals surface area (Å²) >= 11 is 0. The van der Waals surface area contributed by atoms with Crippen molar-refractivity contribution in [2.24, 2.45) is 5.73 Å². The summed E-state index contributed by atoms with van der Waals surface area (Å²) in [4.78, 5) is 23.7. The van der Waals surface area contributed by atoms with Crippen LogP contribution in [0, 0.1) is 0 Å². The van der Waals surface area contributed by atoms with E-state index < -0.39 is 12.0 Å². The van der Waals surface area contributed by atoms with Crippen molar-refractivity contribution in [2.75, 3.05) is 0 Å². The number of ether oxygens (including phenoxy) is 1. The van der Waals surface area contributed by atoms with E-state index in [1.54, 1.807) is 24.3 Å². The van der Waals surface area contributed by atoms with Crippen molar-refractivity contribution >= 4 is 11.8 Å². The van der Waals surface area contributed by atoms with Gasteiger partial charge in [-0.15, -0.1) is 0 Å². The minimum Gasteiger partial charge on any atom is -0.508 e. The number of phenolic OH excluding ortho intramolecular Hbond substituents is 1. The fourth-order valence-corrected chi connectivity index (χ4v) is 2.22. The maximum absolute atomic E-state index is 12.0. The average molecular weight is 327 g/mol. The van der Waals surface area contributed by atoms with E-state index >= 15 is 0 Å².